The first-order valence-electron chi connectivity index (χ1n) is 9.23. The maximum Gasteiger partial charge on any atom is 0.342 e. The molecule has 1 aliphatic rings. The van der Waals surface area contributed by atoms with Crippen LogP contribution in [0.1, 0.15) is 48.7 Å². The van der Waals surface area contributed by atoms with E-state index >= 15 is 0 Å². The van der Waals surface area contributed by atoms with Crippen molar-refractivity contribution in [3.05, 3.63) is 35.5 Å². The standard InChI is InChI=1S/C19H27N5O2/c1-13(2)26-19(25)17-8-5-9-20-18(17)23-10-6-7-16(11-23)12-24-15(4)21-14(3)22-24/h5,8-9,13,16H,6-7,10-12H2,1-4H3. The quantitative estimate of drug-likeness (QED) is 0.766. The molecule has 1 fully saturated rings. The zero-order valence-corrected chi connectivity index (χ0v) is 16.0. The number of ether oxygens (including phenoxy) is 1. The lowest BCUT2D eigenvalue weighted by atomic mass is 9.97. The van der Waals surface area contributed by atoms with Crippen molar-refractivity contribution in [3.63, 3.8) is 0 Å². The third-order valence-electron chi connectivity index (χ3n) is 4.56. The molecule has 0 amide bonds. The van der Waals surface area contributed by atoms with Crippen LogP contribution in [0.3, 0.4) is 0 Å². The van der Waals surface area contributed by atoms with Gasteiger partial charge in [-0.25, -0.2) is 19.4 Å². The van der Waals surface area contributed by atoms with Crippen LogP contribution in [0.5, 0.6) is 0 Å². The fourth-order valence-corrected chi connectivity index (χ4v) is 3.47. The normalized spacial score (nSPS) is 17.6. The zero-order valence-electron chi connectivity index (χ0n) is 16.0. The van der Waals surface area contributed by atoms with E-state index in [1.54, 1.807) is 18.3 Å². The van der Waals surface area contributed by atoms with Crippen LogP contribution in [-0.2, 0) is 11.3 Å². The highest BCUT2D eigenvalue weighted by Crippen LogP contribution is 2.26. The summed E-state index contributed by atoms with van der Waals surface area (Å²) in [5.41, 5.74) is 0.537. The van der Waals surface area contributed by atoms with Crippen LogP contribution in [0.15, 0.2) is 18.3 Å². The SMILES string of the molecule is Cc1nc(C)n(CC2CCCN(c3ncccc3C(=O)OC(C)C)C2)n1. The van der Waals surface area contributed by atoms with Crippen molar-refractivity contribution in [2.75, 3.05) is 18.0 Å². The number of nitrogens with zero attached hydrogens (tertiary/aromatic N) is 5. The third-order valence-corrected chi connectivity index (χ3v) is 4.56. The van der Waals surface area contributed by atoms with E-state index in [0.29, 0.717) is 17.3 Å². The molecule has 140 valence electrons. The van der Waals surface area contributed by atoms with Crippen LogP contribution in [0, 0.1) is 19.8 Å². The van der Waals surface area contributed by atoms with Gasteiger partial charge in [0.1, 0.15) is 23.0 Å². The Hall–Kier alpha value is -2.44. The fraction of sp³-hybridized carbons (Fsp3) is 0.579. The molecule has 2 aromatic rings. The van der Waals surface area contributed by atoms with Crippen molar-refractivity contribution in [2.45, 2.75) is 53.2 Å². The molecule has 7 heteroatoms. The monoisotopic (exact) mass is 357 g/mol. The van der Waals surface area contributed by atoms with Gasteiger partial charge in [-0.05, 0) is 58.6 Å². The number of carbonyl (C=O) groups is 1. The van der Waals surface area contributed by atoms with Crippen LogP contribution in [0.25, 0.3) is 0 Å². The summed E-state index contributed by atoms with van der Waals surface area (Å²) in [6.07, 6.45) is 3.78. The summed E-state index contributed by atoms with van der Waals surface area (Å²) in [5, 5.41) is 4.48. The largest absolute Gasteiger partial charge is 0.459 e. The van der Waals surface area contributed by atoms with E-state index in [4.69, 9.17) is 4.74 Å². The number of carbonyl (C=O) groups excluding carboxylic acids is 1. The van der Waals surface area contributed by atoms with Crippen molar-refractivity contribution in [1.82, 2.24) is 19.7 Å². The van der Waals surface area contributed by atoms with Gasteiger partial charge in [-0.3, -0.25) is 0 Å². The molecule has 0 saturated carbocycles. The highest BCUT2D eigenvalue weighted by atomic mass is 16.5. The van der Waals surface area contributed by atoms with Crippen LogP contribution in [0.4, 0.5) is 5.82 Å². The first kappa shape index (κ1) is 18.4. The second-order valence-corrected chi connectivity index (χ2v) is 7.17. The summed E-state index contributed by atoms with van der Waals surface area (Å²) in [6, 6.07) is 3.57. The van der Waals surface area contributed by atoms with Gasteiger partial charge in [-0.2, -0.15) is 5.10 Å². The van der Waals surface area contributed by atoms with Crippen LogP contribution < -0.4 is 4.90 Å². The summed E-state index contributed by atoms with van der Waals surface area (Å²) in [7, 11) is 0. The average Bonchev–Trinajstić information content (AvgIpc) is 2.91. The van der Waals surface area contributed by atoms with Crippen molar-refractivity contribution >= 4 is 11.8 Å². The molecule has 0 bridgehead atoms. The fourth-order valence-electron chi connectivity index (χ4n) is 3.47. The number of hydrogen-bond donors (Lipinski definition) is 0. The zero-order chi connectivity index (χ0) is 18.7. The molecule has 0 aliphatic carbocycles. The average molecular weight is 357 g/mol. The summed E-state index contributed by atoms with van der Waals surface area (Å²) < 4.78 is 7.36. The van der Waals surface area contributed by atoms with Crippen LogP contribution >= 0.6 is 0 Å². The molecule has 1 unspecified atom stereocenters. The van der Waals surface area contributed by atoms with Gasteiger partial charge in [0.05, 0.1) is 6.10 Å². The van der Waals surface area contributed by atoms with Gasteiger partial charge < -0.3 is 9.64 Å². The molecule has 0 aromatic carbocycles. The molecule has 3 heterocycles. The Bertz CT molecular complexity index is 771. The van der Waals surface area contributed by atoms with E-state index < -0.39 is 0 Å². The molecular weight excluding hydrogens is 330 g/mol. The molecule has 0 N–H and O–H groups in total. The molecule has 1 atom stereocenters. The lowest BCUT2D eigenvalue weighted by Gasteiger charge is -2.34. The molecule has 2 aromatic heterocycles. The summed E-state index contributed by atoms with van der Waals surface area (Å²) in [4.78, 5) is 23.5. The molecule has 0 spiro atoms. The van der Waals surface area contributed by atoms with Gasteiger partial charge in [-0.1, -0.05) is 0 Å². The predicted molar refractivity (Wildman–Crippen MR) is 99.2 cm³/mol. The Kier molecular flexibility index (Phi) is 5.54. The first-order valence-corrected chi connectivity index (χ1v) is 9.23. The topological polar surface area (TPSA) is 73.1 Å². The van der Waals surface area contributed by atoms with Crippen molar-refractivity contribution < 1.29 is 9.53 Å². The molecule has 26 heavy (non-hydrogen) atoms. The maximum atomic E-state index is 12.4. The molecular formula is C19H27N5O2. The lowest BCUT2D eigenvalue weighted by Crippen LogP contribution is -2.38. The number of aryl methyl sites for hydroxylation is 2. The van der Waals surface area contributed by atoms with Gasteiger partial charge in [0, 0.05) is 25.8 Å². The van der Waals surface area contributed by atoms with E-state index in [9.17, 15) is 4.79 Å². The summed E-state index contributed by atoms with van der Waals surface area (Å²) in [5.74, 6) is 2.60. The van der Waals surface area contributed by atoms with Crippen LogP contribution in [0.2, 0.25) is 0 Å². The van der Waals surface area contributed by atoms with Crippen molar-refractivity contribution in [2.24, 2.45) is 5.92 Å². The van der Waals surface area contributed by atoms with Crippen molar-refractivity contribution in [1.29, 1.82) is 0 Å². The maximum absolute atomic E-state index is 12.4. The number of piperidine rings is 1. The van der Waals surface area contributed by atoms with Gasteiger partial charge in [0.25, 0.3) is 0 Å². The number of rotatable bonds is 5. The number of esters is 1. The Morgan fingerprint density at radius 3 is 2.88 bits per heavy atom. The van der Waals surface area contributed by atoms with Gasteiger partial charge in [0.2, 0.25) is 0 Å². The highest BCUT2D eigenvalue weighted by Gasteiger charge is 2.26. The molecule has 1 aliphatic heterocycles. The Morgan fingerprint density at radius 1 is 1.38 bits per heavy atom. The number of anilines is 1. The predicted octanol–water partition coefficient (Wildman–Crippen LogP) is 2.77. The Morgan fingerprint density at radius 2 is 2.19 bits per heavy atom. The minimum absolute atomic E-state index is 0.150. The summed E-state index contributed by atoms with van der Waals surface area (Å²) in [6.45, 7) is 10.2. The second kappa shape index (κ2) is 7.85. The minimum Gasteiger partial charge on any atom is -0.459 e. The van der Waals surface area contributed by atoms with Gasteiger partial charge >= 0.3 is 5.97 Å². The minimum atomic E-state index is -0.312. The van der Waals surface area contributed by atoms with E-state index in [1.165, 1.54) is 0 Å². The van der Waals surface area contributed by atoms with Crippen molar-refractivity contribution in [3.8, 4) is 0 Å². The van der Waals surface area contributed by atoms with Crippen LogP contribution in [-0.4, -0.2) is 44.9 Å². The summed E-state index contributed by atoms with van der Waals surface area (Å²) >= 11 is 0. The Balaban J connectivity index is 1.75. The first-order chi connectivity index (χ1) is 12.4. The smallest absolute Gasteiger partial charge is 0.342 e. The molecule has 0 radical (unpaired) electrons. The van der Waals surface area contributed by atoms with E-state index in [1.807, 2.05) is 32.4 Å². The van der Waals surface area contributed by atoms with Gasteiger partial charge in [-0.15, -0.1) is 0 Å². The van der Waals surface area contributed by atoms with E-state index in [-0.39, 0.29) is 12.1 Å². The third kappa shape index (κ3) is 4.20. The molecule has 3 rings (SSSR count). The second-order valence-electron chi connectivity index (χ2n) is 7.17. The molecule has 7 nitrogen and oxygen atoms in total. The van der Waals surface area contributed by atoms with Gasteiger partial charge in [0.15, 0.2) is 0 Å². The Labute approximate surface area is 154 Å². The highest BCUT2D eigenvalue weighted by molar-refractivity contribution is 5.94. The number of hydrogen-bond acceptors (Lipinski definition) is 6. The van der Waals surface area contributed by atoms with E-state index in [0.717, 1.165) is 44.1 Å². The lowest BCUT2D eigenvalue weighted by molar-refractivity contribution is 0.0378. The van der Waals surface area contributed by atoms with E-state index in [2.05, 4.69) is 20.0 Å². The molecule has 1 saturated heterocycles. The number of aromatic nitrogens is 4. The number of pyridine rings is 1.